The van der Waals surface area contributed by atoms with Gasteiger partial charge in [0.1, 0.15) is 6.29 Å². The molecule has 3 aromatic carbocycles. The molecule has 21 heavy (non-hydrogen) atoms. The van der Waals surface area contributed by atoms with Crippen molar-refractivity contribution in [3.05, 3.63) is 84.4 Å². The third-order valence-electron chi connectivity index (χ3n) is 3.34. The third kappa shape index (κ3) is 3.00. The van der Waals surface area contributed by atoms with E-state index in [9.17, 15) is 4.79 Å². The minimum Gasteiger partial charge on any atom is -0.355 e. The van der Waals surface area contributed by atoms with Crippen LogP contribution in [-0.4, -0.2) is 6.29 Å². The van der Waals surface area contributed by atoms with E-state index in [1.807, 2.05) is 66.7 Å². The van der Waals surface area contributed by atoms with E-state index in [4.69, 9.17) is 0 Å². The standard InChI is InChI=1S/C19H15NO/c21-14-15-10-12-16(13-11-15)18-8-4-5-9-19(18)20-17-6-2-1-3-7-17/h1-14,20H. The van der Waals surface area contributed by atoms with E-state index in [0.717, 1.165) is 28.8 Å². The van der Waals surface area contributed by atoms with Gasteiger partial charge in [0.2, 0.25) is 0 Å². The molecule has 2 nitrogen and oxygen atoms in total. The molecule has 1 N–H and O–H groups in total. The molecule has 0 aromatic heterocycles. The number of hydrogen-bond acceptors (Lipinski definition) is 2. The highest BCUT2D eigenvalue weighted by Gasteiger charge is 2.04. The SMILES string of the molecule is O=Cc1ccc(-c2ccccc2Nc2ccccc2)cc1. The summed E-state index contributed by atoms with van der Waals surface area (Å²) in [6.45, 7) is 0. The number of nitrogens with one attached hydrogen (secondary N) is 1. The van der Waals surface area contributed by atoms with Crippen LogP contribution in [0.4, 0.5) is 11.4 Å². The summed E-state index contributed by atoms with van der Waals surface area (Å²) in [7, 11) is 0. The molecule has 0 atom stereocenters. The van der Waals surface area contributed by atoms with E-state index in [0.29, 0.717) is 5.56 Å². The van der Waals surface area contributed by atoms with Gasteiger partial charge in [-0.1, -0.05) is 60.7 Å². The number of carbonyl (C=O) groups is 1. The average molecular weight is 273 g/mol. The number of rotatable bonds is 4. The van der Waals surface area contributed by atoms with Crippen molar-refractivity contribution in [3.63, 3.8) is 0 Å². The molecule has 0 aliphatic carbocycles. The maximum atomic E-state index is 10.8. The van der Waals surface area contributed by atoms with Crippen LogP contribution in [0.1, 0.15) is 10.4 Å². The van der Waals surface area contributed by atoms with Crippen LogP contribution in [0.5, 0.6) is 0 Å². The summed E-state index contributed by atoms with van der Waals surface area (Å²) < 4.78 is 0. The molecule has 0 spiro atoms. The lowest BCUT2D eigenvalue weighted by molar-refractivity contribution is 0.112. The molecule has 0 saturated carbocycles. The average Bonchev–Trinajstić information content (AvgIpc) is 2.56. The molecule has 2 heteroatoms. The predicted molar refractivity (Wildman–Crippen MR) is 87.0 cm³/mol. The van der Waals surface area contributed by atoms with Crippen LogP contribution in [0.2, 0.25) is 0 Å². The summed E-state index contributed by atoms with van der Waals surface area (Å²) in [5.74, 6) is 0. The summed E-state index contributed by atoms with van der Waals surface area (Å²) in [5.41, 5.74) is 4.97. The molecular weight excluding hydrogens is 258 g/mol. The van der Waals surface area contributed by atoms with Gasteiger partial charge >= 0.3 is 0 Å². The molecule has 0 aliphatic heterocycles. The van der Waals surface area contributed by atoms with Gasteiger partial charge in [-0.15, -0.1) is 0 Å². The fraction of sp³-hybridized carbons (Fsp3) is 0. The zero-order valence-corrected chi connectivity index (χ0v) is 11.5. The largest absolute Gasteiger partial charge is 0.355 e. The summed E-state index contributed by atoms with van der Waals surface area (Å²) in [6.07, 6.45) is 0.859. The van der Waals surface area contributed by atoms with Gasteiger partial charge in [-0.25, -0.2) is 0 Å². The fourth-order valence-electron chi connectivity index (χ4n) is 2.26. The Bertz CT molecular complexity index is 733. The first-order valence-electron chi connectivity index (χ1n) is 6.83. The van der Waals surface area contributed by atoms with Crippen LogP contribution in [0.15, 0.2) is 78.9 Å². The maximum Gasteiger partial charge on any atom is 0.150 e. The van der Waals surface area contributed by atoms with Gasteiger partial charge in [0.05, 0.1) is 0 Å². The van der Waals surface area contributed by atoms with Crippen LogP contribution in [-0.2, 0) is 0 Å². The highest BCUT2D eigenvalue weighted by atomic mass is 16.1. The highest BCUT2D eigenvalue weighted by molar-refractivity contribution is 5.83. The fourth-order valence-corrected chi connectivity index (χ4v) is 2.26. The lowest BCUT2D eigenvalue weighted by atomic mass is 10.0. The first kappa shape index (κ1) is 13.1. The van der Waals surface area contributed by atoms with Crippen molar-refractivity contribution in [1.29, 1.82) is 0 Å². The van der Waals surface area contributed by atoms with Gasteiger partial charge in [-0.2, -0.15) is 0 Å². The monoisotopic (exact) mass is 273 g/mol. The van der Waals surface area contributed by atoms with Crippen LogP contribution < -0.4 is 5.32 Å². The second-order valence-electron chi connectivity index (χ2n) is 4.78. The maximum absolute atomic E-state index is 10.8. The van der Waals surface area contributed by atoms with Gasteiger partial charge in [-0.05, 0) is 23.8 Å². The van der Waals surface area contributed by atoms with Crippen LogP contribution in [0.25, 0.3) is 11.1 Å². The molecule has 3 rings (SSSR count). The lowest BCUT2D eigenvalue weighted by Gasteiger charge is -2.12. The third-order valence-corrected chi connectivity index (χ3v) is 3.34. The number of carbonyl (C=O) groups excluding carboxylic acids is 1. The van der Waals surface area contributed by atoms with E-state index in [-0.39, 0.29) is 0 Å². The normalized spacial score (nSPS) is 10.1. The van der Waals surface area contributed by atoms with Crippen molar-refractivity contribution in [2.75, 3.05) is 5.32 Å². The predicted octanol–water partition coefficient (Wildman–Crippen LogP) is 4.91. The lowest BCUT2D eigenvalue weighted by Crippen LogP contribution is -1.93. The van der Waals surface area contributed by atoms with E-state index in [1.54, 1.807) is 0 Å². The minimum atomic E-state index is 0.687. The van der Waals surface area contributed by atoms with Crippen LogP contribution >= 0.6 is 0 Å². The minimum absolute atomic E-state index is 0.687. The van der Waals surface area contributed by atoms with Crippen molar-refractivity contribution in [2.45, 2.75) is 0 Å². The Balaban J connectivity index is 1.97. The molecule has 0 saturated heterocycles. The van der Waals surface area contributed by atoms with Crippen molar-refractivity contribution in [3.8, 4) is 11.1 Å². The first-order chi connectivity index (χ1) is 10.4. The van der Waals surface area contributed by atoms with Gasteiger partial charge < -0.3 is 5.32 Å². The van der Waals surface area contributed by atoms with Crippen molar-refractivity contribution in [2.24, 2.45) is 0 Å². The summed E-state index contributed by atoms with van der Waals surface area (Å²) in [6, 6.07) is 25.8. The van der Waals surface area contributed by atoms with Gasteiger partial charge in [0, 0.05) is 22.5 Å². The second-order valence-corrected chi connectivity index (χ2v) is 4.78. The molecule has 0 bridgehead atoms. The quantitative estimate of drug-likeness (QED) is 0.684. The van der Waals surface area contributed by atoms with Gasteiger partial charge in [0.25, 0.3) is 0 Å². The zero-order chi connectivity index (χ0) is 14.5. The van der Waals surface area contributed by atoms with Gasteiger partial charge in [-0.3, -0.25) is 4.79 Å². The Morgan fingerprint density at radius 3 is 2.10 bits per heavy atom. The highest BCUT2D eigenvalue weighted by Crippen LogP contribution is 2.30. The molecule has 0 amide bonds. The summed E-state index contributed by atoms with van der Waals surface area (Å²) >= 11 is 0. The molecule has 0 radical (unpaired) electrons. The van der Waals surface area contributed by atoms with E-state index < -0.39 is 0 Å². The Kier molecular flexibility index (Phi) is 3.79. The second kappa shape index (κ2) is 6.06. The van der Waals surface area contributed by atoms with Crippen molar-refractivity contribution >= 4 is 17.7 Å². The Hall–Kier alpha value is -2.87. The summed E-state index contributed by atoms with van der Waals surface area (Å²) in [4.78, 5) is 10.8. The molecule has 102 valence electrons. The number of aldehydes is 1. The van der Waals surface area contributed by atoms with Crippen molar-refractivity contribution < 1.29 is 4.79 Å². The number of para-hydroxylation sites is 2. The number of hydrogen-bond donors (Lipinski definition) is 1. The molecule has 0 heterocycles. The Labute approximate surface area is 124 Å². The molecular formula is C19H15NO. The molecule has 3 aromatic rings. The van der Waals surface area contributed by atoms with E-state index >= 15 is 0 Å². The van der Waals surface area contributed by atoms with E-state index in [1.165, 1.54) is 0 Å². The van der Waals surface area contributed by atoms with Crippen LogP contribution in [0.3, 0.4) is 0 Å². The smallest absolute Gasteiger partial charge is 0.150 e. The molecule has 0 fully saturated rings. The summed E-state index contributed by atoms with van der Waals surface area (Å²) in [5, 5.41) is 3.43. The first-order valence-corrected chi connectivity index (χ1v) is 6.83. The van der Waals surface area contributed by atoms with E-state index in [2.05, 4.69) is 17.4 Å². The molecule has 0 aliphatic rings. The Morgan fingerprint density at radius 1 is 0.714 bits per heavy atom. The van der Waals surface area contributed by atoms with Gasteiger partial charge in [0.15, 0.2) is 0 Å². The number of benzene rings is 3. The number of anilines is 2. The van der Waals surface area contributed by atoms with Crippen LogP contribution in [0, 0.1) is 0 Å². The Morgan fingerprint density at radius 2 is 1.38 bits per heavy atom. The topological polar surface area (TPSA) is 29.1 Å². The van der Waals surface area contributed by atoms with Crippen molar-refractivity contribution in [1.82, 2.24) is 0 Å². The zero-order valence-electron chi connectivity index (χ0n) is 11.5. The molecule has 0 unspecified atom stereocenters.